The Morgan fingerprint density at radius 3 is 2.89 bits per heavy atom. The third-order valence-corrected chi connectivity index (χ3v) is 3.74. The molecule has 19 heavy (non-hydrogen) atoms. The van der Waals surface area contributed by atoms with Gasteiger partial charge in [-0.25, -0.2) is 4.39 Å². The molecule has 0 heterocycles. The van der Waals surface area contributed by atoms with Crippen molar-refractivity contribution in [3.63, 3.8) is 0 Å². The molecule has 1 aromatic carbocycles. The monoisotopic (exact) mass is 287 g/mol. The lowest BCUT2D eigenvalue weighted by molar-refractivity contribution is -0.131. The van der Waals surface area contributed by atoms with Gasteiger partial charge < -0.3 is 14.8 Å². The molecule has 0 aliphatic heterocycles. The van der Waals surface area contributed by atoms with E-state index in [2.05, 4.69) is 5.32 Å². The number of benzene rings is 1. The molecule has 0 bridgehead atoms. The van der Waals surface area contributed by atoms with E-state index in [-0.39, 0.29) is 29.1 Å². The normalized spacial score (nSPS) is 26.2. The Morgan fingerprint density at radius 1 is 1.47 bits per heavy atom. The van der Waals surface area contributed by atoms with Crippen LogP contribution in [0.5, 0.6) is 0 Å². The predicted octanol–water partition coefficient (Wildman–Crippen LogP) is 2.76. The minimum absolute atomic E-state index is 0.0795. The van der Waals surface area contributed by atoms with Crippen LogP contribution in [0.4, 0.5) is 4.39 Å². The van der Waals surface area contributed by atoms with Crippen LogP contribution in [0.2, 0.25) is 5.02 Å². The summed E-state index contributed by atoms with van der Waals surface area (Å²) < 4.78 is 24.0. The smallest absolute Gasteiger partial charge is 0.141 e. The number of halogens is 2. The highest BCUT2D eigenvalue weighted by molar-refractivity contribution is 6.30. The van der Waals surface area contributed by atoms with Crippen LogP contribution in [0.3, 0.4) is 0 Å². The second-order valence-electron chi connectivity index (χ2n) is 4.67. The molecule has 5 heteroatoms. The van der Waals surface area contributed by atoms with Crippen molar-refractivity contribution < 1.29 is 13.9 Å². The van der Waals surface area contributed by atoms with Crippen molar-refractivity contribution in [3.05, 3.63) is 34.6 Å². The van der Waals surface area contributed by atoms with E-state index in [4.69, 9.17) is 21.1 Å². The lowest BCUT2D eigenvalue weighted by atomic mass is 9.85. The first-order valence-electron chi connectivity index (χ1n) is 6.47. The molecule has 1 N–H and O–H groups in total. The van der Waals surface area contributed by atoms with Gasteiger partial charge in [-0.2, -0.15) is 0 Å². The number of rotatable bonds is 6. The summed E-state index contributed by atoms with van der Waals surface area (Å²) in [4.78, 5) is 0. The fourth-order valence-corrected chi connectivity index (χ4v) is 2.58. The predicted molar refractivity (Wildman–Crippen MR) is 72.9 cm³/mol. The summed E-state index contributed by atoms with van der Waals surface area (Å²) in [5.41, 5.74) is 0.959. The highest BCUT2D eigenvalue weighted by Crippen LogP contribution is 2.27. The highest BCUT2D eigenvalue weighted by Gasteiger charge is 2.41. The van der Waals surface area contributed by atoms with Gasteiger partial charge >= 0.3 is 0 Å². The van der Waals surface area contributed by atoms with Crippen LogP contribution in [-0.4, -0.2) is 32.0 Å². The number of methoxy groups -OCH3 is 1. The van der Waals surface area contributed by atoms with Gasteiger partial charge in [0.05, 0.1) is 17.2 Å². The van der Waals surface area contributed by atoms with Crippen LogP contribution in [0, 0.1) is 5.82 Å². The van der Waals surface area contributed by atoms with E-state index in [1.807, 2.05) is 6.92 Å². The lowest BCUT2D eigenvalue weighted by Crippen LogP contribution is -2.59. The molecule has 3 atom stereocenters. The van der Waals surface area contributed by atoms with E-state index < -0.39 is 0 Å². The van der Waals surface area contributed by atoms with E-state index in [0.29, 0.717) is 13.2 Å². The standard InChI is InChI=1S/C14H19ClFNO2/c1-3-19-13-7-12(14(13)18-2)17-8-9-4-5-11(16)10(15)6-9/h4-6,12-14,17H,3,7-8H2,1-2H3. The summed E-state index contributed by atoms with van der Waals surface area (Å²) in [5.74, 6) is -0.389. The van der Waals surface area contributed by atoms with Gasteiger partial charge in [0, 0.05) is 26.3 Å². The van der Waals surface area contributed by atoms with E-state index in [1.54, 1.807) is 19.2 Å². The highest BCUT2D eigenvalue weighted by atomic mass is 35.5. The molecule has 1 aromatic rings. The van der Waals surface area contributed by atoms with Gasteiger partial charge in [-0.05, 0) is 31.0 Å². The summed E-state index contributed by atoms with van der Waals surface area (Å²) in [6.45, 7) is 3.32. The van der Waals surface area contributed by atoms with E-state index in [9.17, 15) is 4.39 Å². The van der Waals surface area contributed by atoms with Crippen LogP contribution < -0.4 is 5.32 Å². The van der Waals surface area contributed by atoms with Gasteiger partial charge in [-0.3, -0.25) is 0 Å². The molecule has 0 amide bonds. The Bertz CT molecular complexity index is 430. The number of ether oxygens (including phenoxy) is 2. The summed E-state index contributed by atoms with van der Waals surface area (Å²) >= 11 is 5.75. The topological polar surface area (TPSA) is 30.5 Å². The Kier molecular flexibility index (Phi) is 5.16. The van der Waals surface area contributed by atoms with Crippen molar-refractivity contribution in [1.82, 2.24) is 5.32 Å². The summed E-state index contributed by atoms with van der Waals surface area (Å²) in [6.07, 6.45) is 1.18. The Hall–Kier alpha value is -0.680. The molecule has 1 saturated carbocycles. The molecule has 2 rings (SSSR count). The van der Waals surface area contributed by atoms with Gasteiger partial charge in [0.15, 0.2) is 0 Å². The average Bonchev–Trinajstić information content (AvgIpc) is 2.37. The minimum atomic E-state index is -0.389. The zero-order valence-electron chi connectivity index (χ0n) is 11.2. The fourth-order valence-electron chi connectivity index (χ4n) is 2.37. The van der Waals surface area contributed by atoms with Crippen molar-refractivity contribution in [2.75, 3.05) is 13.7 Å². The van der Waals surface area contributed by atoms with Crippen molar-refractivity contribution >= 4 is 11.6 Å². The molecule has 0 spiro atoms. The van der Waals surface area contributed by atoms with Crippen LogP contribution in [-0.2, 0) is 16.0 Å². The number of nitrogens with one attached hydrogen (secondary N) is 1. The lowest BCUT2D eigenvalue weighted by Gasteiger charge is -2.43. The third kappa shape index (κ3) is 3.45. The Morgan fingerprint density at radius 2 is 2.26 bits per heavy atom. The van der Waals surface area contributed by atoms with Gasteiger partial charge in [0.2, 0.25) is 0 Å². The quantitative estimate of drug-likeness (QED) is 0.873. The average molecular weight is 288 g/mol. The van der Waals surface area contributed by atoms with Gasteiger partial charge in [0.25, 0.3) is 0 Å². The Labute approximate surface area is 118 Å². The minimum Gasteiger partial charge on any atom is -0.377 e. The van der Waals surface area contributed by atoms with E-state index >= 15 is 0 Å². The molecule has 3 nitrogen and oxygen atoms in total. The van der Waals surface area contributed by atoms with Crippen molar-refractivity contribution in [1.29, 1.82) is 0 Å². The van der Waals surface area contributed by atoms with E-state index in [0.717, 1.165) is 12.0 Å². The first-order valence-corrected chi connectivity index (χ1v) is 6.85. The molecule has 1 fully saturated rings. The molecular formula is C14H19ClFNO2. The fraction of sp³-hybridized carbons (Fsp3) is 0.571. The summed E-state index contributed by atoms with van der Waals surface area (Å²) in [5, 5.41) is 3.54. The van der Waals surface area contributed by atoms with Crippen LogP contribution in [0.1, 0.15) is 18.9 Å². The van der Waals surface area contributed by atoms with Crippen LogP contribution >= 0.6 is 11.6 Å². The van der Waals surface area contributed by atoms with E-state index in [1.165, 1.54) is 6.07 Å². The largest absolute Gasteiger partial charge is 0.377 e. The molecule has 0 radical (unpaired) electrons. The second-order valence-corrected chi connectivity index (χ2v) is 5.07. The van der Waals surface area contributed by atoms with Crippen molar-refractivity contribution in [3.8, 4) is 0 Å². The van der Waals surface area contributed by atoms with Gasteiger partial charge in [0.1, 0.15) is 5.82 Å². The SMILES string of the molecule is CCOC1CC(NCc2ccc(F)c(Cl)c2)C1OC. The summed E-state index contributed by atoms with van der Waals surface area (Å²) in [6, 6.07) is 5.03. The summed E-state index contributed by atoms with van der Waals surface area (Å²) in [7, 11) is 1.69. The Balaban J connectivity index is 1.84. The van der Waals surface area contributed by atoms with Crippen molar-refractivity contribution in [2.45, 2.75) is 38.1 Å². The third-order valence-electron chi connectivity index (χ3n) is 3.45. The molecule has 0 saturated heterocycles. The van der Waals surface area contributed by atoms with Gasteiger partial charge in [-0.1, -0.05) is 17.7 Å². The molecule has 0 aromatic heterocycles. The molecule has 1 aliphatic carbocycles. The maximum absolute atomic E-state index is 13.0. The van der Waals surface area contributed by atoms with Crippen molar-refractivity contribution in [2.24, 2.45) is 0 Å². The maximum Gasteiger partial charge on any atom is 0.141 e. The van der Waals surface area contributed by atoms with Gasteiger partial charge in [-0.15, -0.1) is 0 Å². The molecule has 1 aliphatic rings. The first-order chi connectivity index (χ1) is 9.15. The first kappa shape index (κ1) is 14.7. The van der Waals surface area contributed by atoms with Crippen LogP contribution in [0.25, 0.3) is 0 Å². The maximum atomic E-state index is 13.0. The zero-order chi connectivity index (χ0) is 13.8. The number of hydrogen-bond donors (Lipinski definition) is 1. The zero-order valence-corrected chi connectivity index (χ0v) is 11.9. The van der Waals surface area contributed by atoms with Crippen LogP contribution in [0.15, 0.2) is 18.2 Å². The molecule has 3 unspecified atom stereocenters. The number of hydrogen-bond acceptors (Lipinski definition) is 3. The second kappa shape index (κ2) is 6.66. The molecular weight excluding hydrogens is 269 g/mol. The molecule has 106 valence electrons.